The Morgan fingerprint density at radius 1 is 1.31 bits per heavy atom. The SMILES string of the molecule is O=C(Nc1ncc[nH]1)c1ccc(F)c(F)c1. The molecule has 1 heterocycles. The van der Waals surface area contributed by atoms with Crippen molar-refractivity contribution in [2.45, 2.75) is 0 Å². The van der Waals surface area contributed by atoms with E-state index in [9.17, 15) is 13.6 Å². The van der Waals surface area contributed by atoms with Gasteiger partial charge in [0.25, 0.3) is 5.91 Å². The first kappa shape index (κ1) is 10.3. The fourth-order valence-electron chi connectivity index (χ4n) is 1.15. The average molecular weight is 223 g/mol. The third kappa shape index (κ3) is 2.05. The van der Waals surface area contributed by atoms with Gasteiger partial charge < -0.3 is 4.98 Å². The largest absolute Gasteiger partial charge is 0.331 e. The molecule has 0 spiro atoms. The van der Waals surface area contributed by atoms with Crippen LogP contribution >= 0.6 is 0 Å². The van der Waals surface area contributed by atoms with Crippen LogP contribution in [-0.4, -0.2) is 15.9 Å². The van der Waals surface area contributed by atoms with Crippen LogP contribution in [0.4, 0.5) is 14.7 Å². The summed E-state index contributed by atoms with van der Waals surface area (Å²) in [5.74, 6) is -2.37. The zero-order valence-electron chi connectivity index (χ0n) is 8.00. The quantitative estimate of drug-likeness (QED) is 0.817. The van der Waals surface area contributed by atoms with Gasteiger partial charge in [0, 0.05) is 18.0 Å². The van der Waals surface area contributed by atoms with Crippen molar-refractivity contribution in [1.29, 1.82) is 0 Å². The number of amides is 1. The molecule has 2 aromatic rings. The number of hydrogen-bond acceptors (Lipinski definition) is 2. The van der Waals surface area contributed by atoms with Crippen molar-refractivity contribution in [3.63, 3.8) is 0 Å². The molecule has 0 aliphatic rings. The number of anilines is 1. The molecular weight excluding hydrogens is 216 g/mol. The van der Waals surface area contributed by atoms with Gasteiger partial charge in [-0.2, -0.15) is 0 Å². The summed E-state index contributed by atoms with van der Waals surface area (Å²) in [6.45, 7) is 0. The fraction of sp³-hybridized carbons (Fsp3) is 0. The van der Waals surface area contributed by atoms with Crippen LogP contribution in [0.15, 0.2) is 30.6 Å². The Bertz CT molecular complexity index is 511. The molecule has 1 aromatic heterocycles. The minimum atomic E-state index is -1.06. The van der Waals surface area contributed by atoms with Gasteiger partial charge in [0.05, 0.1) is 0 Å². The molecule has 2 rings (SSSR count). The maximum Gasteiger partial charge on any atom is 0.258 e. The van der Waals surface area contributed by atoms with Crippen molar-refractivity contribution < 1.29 is 13.6 Å². The molecule has 1 aromatic carbocycles. The number of halogens is 2. The van der Waals surface area contributed by atoms with Crippen molar-refractivity contribution >= 4 is 11.9 Å². The third-order valence-corrected chi connectivity index (χ3v) is 1.91. The van der Waals surface area contributed by atoms with Gasteiger partial charge >= 0.3 is 0 Å². The van der Waals surface area contributed by atoms with Gasteiger partial charge in [-0.05, 0) is 18.2 Å². The van der Waals surface area contributed by atoms with E-state index in [4.69, 9.17) is 0 Å². The highest BCUT2D eigenvalue weighted by atomic mass is 19.2. The van der Waals surface area contributed by atoms with Gasteiger partial charge in [-0.15, -0.1) is 0 Å². The summed E-state index contributed by atoms with van der Waals surface area (Å²) in [6, 6.07) is 2.91. The van der Waals surface area contributed by atoms with E-state index < -0.39 is 17.5 Å². The number of imidazole rings is 1. The third-order valence-electron chi connectivity index (χ3n) is 1.91. The van der Waals surface area contributed by atoms with Crippen LogP contribution in [0.25, 0.3) is 0 Å². The number of benzene rings is 1. The lowest BCUT2D eigenvalue weighted by atomic mass is 10.2. The number of carbonyl (C=O) groups excluding carboxylic acids is 1. The summed E-state index contributed by atoms with van der Waals surface area (Å²) in [4.78, 5) is 17.9. The van der Waals surface area contributed by atoms with E-state index in [0.717, 1.165) is 12.1 Å². The lowest BCUT2D eigenvalue weighted by Gasteiger charge is -2.02. The van der Waals surface area contributed by atoms with Crippen molar-refractivity contribution in [3.8, 4) is 0 Å². The van der Waals surface area contributed by atoms with E-state index in [1.807, 2.05) is 0 Å². The predicted molar refractivity (Wildman–Crippen MR) is 52.9 cm³/mol. The Balaban J connectivity index is 2.18. The minimum Gasteiger partial charge on any atom is -0.331 e. The van der Waals surface area contributed by atoms with Gasteiger partial charge in [-0.25, -0.2) is 13.8 Å². The van der Waals surface area contributed by atoms with Gasteiger partial charge in [0.2, 0.25) is 5.95 Å². The molecular formula is C10H7F2N3O. The Labute approximate surface area is 89.3 Å². The monoisotopic (exact) mass is 223 g/mol. The molecule has 1 amide bonds. The molecule has 0 atom stereocenters. The smallest absolute Gasteiger partial charge is 0.258 e. The maximum atomic E-state index is 12.8. The van der Waals surface area contributed by atoms with Crippen LogP contribution in [0, 0.1) is 11.6 Å². The van der Waals surface area contributed by atoms with Crippen LogP contribution in [0.2, 0.25) is 0 Å². The van der Waals surface area contributed by atoms with Crippen LogP contribution < -0.4 is 5.32 Å². The molecule has 16 heavy (non-hydrogen) atoms. The second kappa shape index (κ2) is 4.09. The van der Waals surface area contributed by atoms with E-state index in [1.165, 1.54) is 18.5 Å². The molecule has 6 heteroatoms. The Morgan fingerprint density at radius 3 is 2.75 bits per heavy atom. The minimum absolute atomic E-state index is 0.0234. The molecule has 0 unspecified atom stereocenters. The van der Waals surface area contributed by atoms with Crippen LogP contribution in [0.1, 0.15) is 10.4 Å². The number of aromatic nitrogens is 2. The normalized spacial score (nSPS) is 10.1. The molecule has 0 aliphatic carbocycles. The Morgan fingerprint density at radius 2 is 2.12 bits per heavy atom. The lowest BCUT2D eigenvalue weighted by molar-refractivity contribution is 0.102. The van der Waals surface area contributed by atoms with Gasteiger partial charge in [-0.1, -0.05) is 0 Å². The van der Waals surface area contributed by atoms with Crippen molar-refractivity contribution in [2.75, 3.05) is 5.32 Å². The number of aromatic amines is 1. The molecule has 0 bridgehead atoms. The Kier molecular flexibility index (Phi) is 2.63. The molecule has 0 aliphatic heterocycles. The van der Waals surface area contributed by atoms with Crippen molar-refractivity contribution in [1.82, 2.24) is 9.97 Å². The molecule has 0 saturated carbocycles. The maximum absolute atomic E-state index is 12.8. The van der Waals surface area contributed by atoms with Crippen LogP contribution in [-0.2, 0) is 0 Å². The summed E-state index contributed by atoms with van der Waals surface area (Å²) < 4.78 is 25.5. The standard InChI is InChI=1S/C10H7F2N3O/c11-7-2-1-6(5-8(7)12)9(16)15-10-13-3-4-14-10/h1-5H,(H2,13,14,15,16). The average Bonchev–Trinajstić information content (AvgIpc) is 2.74. The number of nitrogens with one attached hydrogen (secondary N) is 2. The summed E-state index contributed by atoms with van der Waals surface area (Å²) in [6.07, 6.45) is 2.99. The van der Waals surface area contributed by atoms with Crippen LogP contribution in [0.5, 0.6) is 0 Å². The second-order valence-corrected chi connectivity index (χ2v) is 3.02. The highest BCUT2D eigenvalue weighted by molar-refractivity contribution is 6.03. The first-order valence-corrected chi connectivity index (χ1v) is 4.42. The van der Waals surface area contributed by atoms with E-state index >= 15 is 0 Å². The molecule has 82 valence electrons. The van der Waals surface area contributed by atoms with E-state index in [-0.39, 0.29) is 11.5 Å². The van der Waals surface area contributed by atoms with Gasteiger partial charge in [0.15, 0.2) is 11.6 Å². The molecule has 4 nitrogen and oxygen atoms in total. The van der Waals surface area contributed by atoms with E-state index in [2.05, 4.69) is 15.3 Å². The van der Waals surface area contributed by atoms with Crippen molar-refractivity contribution in [3.05, 3.63) is 47.8 Å². The zero-order valence-corrected chi connectivity index (χ0v) is 8.00. The summed E-state index contributed by atoms with van der Waals surface area (Å²) in [7, 11) is 0. The molecule has 0 radical (unpaired) electrons. The molecule has 0 saturated heterocycles. The Hall–Kier alpha value is -2.24. The summed E-state index contributed by atoms with van der Waals surface area (Å²) >= 11 is 0. The molecule has 0 fully saturated rings. The summed E-state index contributed by atoms with van der Waals surface area (Å²) in [5, 5.41) is 2.39. The number of H-pyrrole nitrogens is 1. The topological polar surface area (TPSA) is 57.8 Å². The first-order chi connectivity index (χ1) is 7.66. The van der Waals surface area contributed by atoms with Gasteiger partial charge in [-0.3, -0.25) is 10.1 Å². The predicted octanol–water partition coefficient (Wildman–Crippen LogP) is 1.94. The number of carbonyl (C=O) groups is 1. The zero-order chi connectivity index (χ0) is 11.5. The number of hydrogen-bond donors (Lipinski definition) is 2. The lowest BCUT2D eigenvalue weighted by Crippen LogP contribution is -2.13. The number of rotatable bonds is 2. The highest BCUT2D eigenvalue weighted by Gasteiger charge is 2.10. The highest BCUT2D eigenvalue weighted by Crippen LogP contribution is 2.10. The van der Waals surface area contributed by atoms with E-state index in [1.54, 1.807) is 0 Å². The first-order valence-electron chi connectivity index (χ1n) is 4.42. The molecule has 2 N–H and O–H groups in total. The van der Waals surface area contributed by atoms with E-state index in [0.29, 0.717) is 0 Å². The summed E-state index contributed by atoms with van der Waals surface area (Å²) in [5.41, 5.74) is 0.0234. The second-order valence-electron chi connectivity index (χ2n) is 3.02. The van der Waals surface area contributed by atoms with Crippen LogP contribution in [0.3, 0.4) is 0 Å². The number of nitrogens with zero attached hydrogens (tertiary/aromatic N) is 1. The van der Waals surface area contributed by atoms with Crippen molar-refractivity contribution in [2.24, 2.45) is 0 Å². The fourth-order valence-corrected chi connectivity index (χ4v) is 1.15. The van der Waals surface area contributed by atoms with Gasteiger partial charge in [0.1, 0.15) is 0 Å².